The number of carbonyl (C=O) groups is 1. The third-order valence-corrected chi connectivity index (χ3v) is 3.34. The van der Waals surface area contributed by atoms with Crippen LogP contribution in [-0.4, -0.2) is 36.5 Å². The molecule has 0 spiro atoms. The lowest BCUT2D eigenvalue weighted by Gasteiger charge is -2.13. The van der Waals surface area contributed by atoms with Crippen LogP contribution in [-0.2, 0) is 4.79 Å². The molecule has 1 aliphatic heterocycles. The van der Waals surface area contributed by atoms with Gasteiger partial charge in [0, 0.05) is 19.6 Å². The molecule has 3 nitrogen and oxygen atoms in total. The Kier molecular flexibility index (Phi) is 1.88. The quantitative estimate of drug-likeness (QED) is 0.678. The normalized spacial score (nSPS) is 36.8. The zero-order valence-corrected chi connectivity index (χ0v) is 8.63. The monoisotopic (exact) mass is 182 g/mol. The van der Waals surface area contributed by atoms with E-state index in [1.54, 1.807) is 0 Å². The highest BCUT2D eigenvalue weighted by Crippen LogP contribution is 2.45. The molecule has 13 heavy (non-hydrogen) atoms. The lowest BCUT2D eigenvalue weighted by atomic mass is 10.1. The maximum absolute atomic E-state index is 11.5. The van der Waals surface area contributed by atoms with Crippen molar-refractivity contribution >= 4 is 5.91 Å². The van der Waals surface area contributed by atoms with E-state index in [1.807, 2.05) is 11.9 Å². The number of hydrogen-bond donors (Lipinski definition) is 1. The van der Waals surface area contributed by atoms with Gasteiger partial charge in [-0.25, -0.2) is 0 Å². The zero-order valence-electron chi connectivity index (χ0n) is 8.63. The molecule has 0 radical (unpaired) electrons. The molecule has 2 fully saturated rings. The lowest BCUT2D eigenvalue weighted by molar-refractivity contribution is -0.128. The number of amides is 1. The van der Waals surface area contributed by atoms with E-state index in [0.717, 1.165) is 13.0 Å². The second-order valence-electron chi connectivity index (χ2n) is 5.01. The molecular weight excluding hydrogens is 164 g/mol. The summed E-state index contributed by atoms with van der Waals surface area (Å²) in [5.41, 5.74) is 0.418. The predicted molar refractivity (Wildman–Crippen MR) is 51.4 cm³/mol. The smallest absolute Gasteiger partial charge is 0.239 e. The minimum atomic E-state index is 0.0942. The highest BCUT2D eigenvalue weighted by Gasteiger charge is 2.47. The fraction of sp³-hybridized carbons (Fsp3) is 0.900. The third kappa shape index (κ3) is 1.57. The van der Waals surface area contributed by atoms with Crippen LogP contribution in [0.4, 0.5) is 0 Å². The topological polar surface area (TPSA) is 32.3 Å². The molecule has 2 rings (SSSR count). The first kappa shape index (κ1) is 9.00. The third-order valence-electron chi connectivity index (χ3n) is 3.34. The van der Waals surface area contributed by atoms with Crippen molar-refractivity contribution in [3.05, 3.63) is 0 Å². The molecule has 2 aliphatic rings. The van der Waals surface area contributed by atoms with Crippen LogP contribution in [0.2, 0.25) is 0 Å². The fourth-order valence-electron chi connectivity index (χ4n) is 1.97. The number of likely N-dealkylation sites (N-methyl/N-ethyl adjacent to an activating group) is 1. The molecule has 0 bridgehead atoms. The predicted octanol–water partition coefficient (Wildman–Crippen LogP) is 0.605. The van der Waals surface area contributed by atoms with E-state index in [1.165, 1.54) is 6.42 Å². The Labute approximate surface area is 79.5 Å². The number of carbonyl (C=O) groups excluding carboxylic acids is 1. The summed E-state index contributed by atoms with van der Waals surface area (Å²) in [5, 5.41) is 3.43. The first-order chi connectivity index (χ1) is 6.00. The van der Waals surface area contributed by atoms with E-state index in [-0.39, 0.29) is 11.9 Å². The van der Waals surface area contributed by atoms with Gasteiger partial charge in [-0.1, -0.05) is 13.8 Å². The van der Waals surface area contributed by atoms with E-state index in [0.29, 0.717) is 11.5 Å². The lowest BCUT2D eigenvalue weighted by Crippen LogP contribution is -2.39. The highest BCUT2D eigenvalue weighted by atomic mass is 16.2. The molecular formula is C10H18N2O. The molecule has 1 saturated heterocycles. The number of likely N-dealkylation sites (tertiary alicyclic amines) is 1. The molecule has 0 aromatic heterocycles. The zero-order chi connectivity index (χ0) is 9.64. The molecule has 1 aliphatic carbocycles. The minimum absolute atomic E-state index is 0.0942. The summed E-state index contributed by atoms with van der Waals surface area (Å²) in [6, 6.07) is 0.657. The number of hydrogen-bond acceptors (Lipinski definition) is 2. The Hall–Kier alpha value is -0.570. The van der Waals surface area contributed by atoms with Crippen molar-refractivity contribution in [3.8, 4) is 0 Å². The average Bonchev–Trinajstić information content (AvgIpc) is 2.53. The van der Waals surface area contributed by atoms with Crippen molar-refractivity contribution in [3.63, 3.8) is 0 Å². The van der Waals surface area contributed by atoms with Crippen molar-refractivity contribution in [1.82, 2.24) is 10.2 Å². The van der Waals surface area contributed by atoms with Gasteiger partial charge in [0.2, 0.25) is 5.91 Å². The van der Waals surface area contributed by atoms with Crippen molar-refractivity contribution in [1.29, 1.82) is 0 Å². The summed E-state index contributed by atoms with van der Waals surface area (Å²) in [7, 11) is 1.88. The number of rotatable bonds is 2. The molecule has 1 saturated carbocycles. The Morgan fingerprint density at radius 3 is 2.54 bits per heavy atom. The minimum Gasteiger partial charge on any atom is -0.344 e. The van der Waals surface area contributed by atoms with Crippen LogP contribution in [0.5, 0.6) is 0 Å². The Bertz CT molecular complexity index is 237. The highest BCUT2D eigenvalue weighted by molar-refractivity contribution is 5.83. The Balaban J connectivity index is 1.87. The van der Waals surface area contributed by atoms with E-state index < -0.39 is 0 Å². The van der Waals surface area contributed by atoms with E-state index in [9.17, 15) is 4.79 Å². The first-order valence-corrected chi connectivity index (χ1v) is 5.02. The van der Waals surface area contributed by atoms with Crippen LogP contribution in [0.1, 0.15) is 26.7 Å². The van der Waals surface area contributed by atoms with Crippen molar-refractivity contribution in [2.75, 3.05) is 13.6 Å². The summed E-state index contributed by atoms with van der Waals surface area (Å²) < 4.78 is 0. The molecule has 3 heteroatoms. The van der Waals surface area contributed by atoms with Crippen LogP contribution >= 0.6 is 0 Å². The first-order valence-electron chi connectivity index (χ1n) is 5.02. The standard InChI is InChI=1S/C10H18N2O/c1-10(2)6-8(10)11-7-4-5-12(3)9(7)13/h7-8,11H,4-6H2,1-3H3. The molecule has 2 unspecified atom stereocenters. The van der Waals surface area contributed by atoms with Crippen LogP contribution in [0.25, 0.3) is 0 Å². The summed E-state index contributed by atoms with van der Waals surface area (Å²) in [5.74, 6) is 0.266. The SMILES string of the molecule is CN1CCC(NC2CC2(C)C)C1=O. The number of nitrogens with one attached hydrogen (secondary N) is 1. The molecule has 2 atom stereocenters. The summed E-state index contributed by atoms with van der Waals surface area (Å²) in [6.07, 6.45) is 2.18. The molecule has 0 aromatic rings. The van der Waals surface area contributed by atoms with Gasteiger partial charge in [-0.05, 0) is 18.3 Å². The maximum atomic E-state index is 11.5. The van der Waals surface area contributed by atoms with E-state index in [2.05, 4.69) is 19.2 Å². The molecule has 0 aromatic carbocycles. The molecule has 1 heterocycles. The van der Waals surface area contributed by atoms with Crippen molar-refractivity contribution in [2.24, 2.45) is 5.41 Å². The maximum Gasteiger partial charge on any atom is 0.239 e. The second-order valence-corrected chi connectivity index (χ2v) is 5.01. The van der Waals surface area contributed by atoms with Gasteiger partial charge in [0.05, 0.1) is 6.04 Å². The van der Waals surface area contributed by atoms with Crippen molar-refractivity contribution in [2.45, 2.75) is 38.8 Å². The van der Waals surface area contributed by atoms with E-state index in [4.69, 9.17) is 0 Å². The van der Waals surface area contributed by atoms with Gasteiger partial charge in [-0.15, -0.1) is 0 Å². The van der Waals surface area contributed by atoms with Crippen LogP contribution < -0.4 is 5.32 Å². The fourth-order valence-corrected chi connectivity index (χ4v) is 1.97. The van der Waals surface area contributed by atoms with Gasteiger partial charge < -0.3 is 10.2 Å². The van der Waals surface area contributed by atoms with Crippen molar-refractivity contribution < 1.29 is 4.79 Å². The van der Waals surface area contributed by atoms with E-state index >= 15 is 0 Å². The molecule has 1 amide bonds. The van der Waals surface area contributed by atoms with Gasteiger partial charge in [0.25, 0.3) is 0 Å². The van der Waals surface area contributed by atoms with Gasteiger partial charge in [-0.3, -0.25) is 4.79 Å². The summed E-state index contributed by atoms with van der Waals surface area (Å²) in [4.78, 5) is 13.4. The van der Waals surface area contributed by atoms with Gasteiger partial charge in [-0.2, -0.15) is 0 Å². The number of nitrogens with zero attached hydrogens (tertiary/aromatic N) is 1. The van der Waals surface area contributed by atoms with Crippen LogP contribution in [0, 0.1) is 5.41 Å². The molecule has 1 N–H and O–H groups in total. The Morgan fingerprint density at radius 1 is 1.54 bits per heavy atom. The summed E-state index contributed by atoms with van der Waals surface area (Å²) >= 11 is 0. The van der Waals surface area contributed by atoms with Gasteiger partial charge in [0.1, 0.15) is 0 Å². The van der Waals surface area contributed by atoms with Gasteiger partial charge >= 0.3 is 0 Å². The van der Waals surface area contributed by atoms with Crippen LogP contribution in [0.3, 0.4) is 0 Å². The van der Waals surface area contributed by atoms with Gasteiger partial charge in [0.15, 0.2) is 0 Å². The Morgan fingerprint density at radius 2 is 2.15 bits per heavy atom. The largest absolute Gasteiger partial charge is 0.344 e. The second kappa shape index (κ2) is 2.71. The average molecular weight is 182 g/mol. The molecule has 74 valence electrons. The summed E-state index contributed by atoms with van der Waals surface area (Å²) in [6.45, 7) is 5.39. The van der Waals surface area contributed by atoms with Crippen LogP contribution in [0.15, 0.2) is 0 Å².